The van der Waals surface area contributed by atoms with E-state index < -0.39 is 0 Å². The zero-order chi connectivity index (χ0) is 14.8. The van der Waals surface area contributed by atoms with Gasteiger partial charge in [-0.05, 0) is 49.4 Å². The average Bonchev–Trinajstić information content (AvgIpc) is 2.68. The molecule has 1 aliphatic heterocycles. The topological polar surface area (TPSA) is 16.1 Å². The van der Waals surface area contributed by atoms with Crippen LogP contribution in [0.1, 0.15) is 34.4 Å². The number of pyridine rings is 1. The van der Waals surface area contributed by atoms with Crippen LogP contribution in [0.25, 0.3) is 0 Å². The summed E-state index contributed by atoms with van der Waals surface area (Å²) >= 11 is 6.18. The van der Waals surface area contributed by atoms with Gasteiger partial charge in [0.15, 0.2) is 0 Å². The minimum absolute atomic E-state index is 0.520. The van der Waals surface area contributed by atoms with Gasteiger partial charge in [0.1, 0.15) is 5.82 Å². The van der Waals surface area contributed by atoms with E-state index in [0.29, 0.717) is 5.88 Å². The first-order valence-corrected chi connectivity index (χ1v) is 8.07. The highest BCUT2D eigenvalue weighted by Crippen LogP contribution is 2.28. The van der Waals surface area contributed by atoms with Crippen molar-refractivity contribution in [1.82, 2.24) is 4.98 Å². The molecule has 0 saturated carbocycles. The molecule has 0 N–H and O–H groups in total. The highest BCUT2D eigenvalue weighted by molar-refractivity contribution is 6.17. The lowest BCUT2D eigenvalue weighted by atomic mass is 10.0. The number of hydrogen-bond donors (Lipinski definition) is 0. The molecule has 1 aromatic carbocycles. The third-order valence-corrected chi connectivity index (χ3v) is 4.51. The summed E-state index contributed by atoms with van der Waals surface area (Å²) in [7, 11) is 0. The summed E-state index contributed by atoms with van der Waals surface area (Å²) in [6, 6.07) is 10.9. The lowest BCUT2D eigenvalue weighted by Crippen LogP contribution is -2.25. The highest BCUT2D eigenvalue weighted by Gasteiger charge is 2.19. The molecule has 0 unspecified atom stereocenters. The molecular formula is C18H21ClN2. The van der Waals surface area contributed by atoms with Gasteiger partial charge in [0, 0.05) is 24.3 Å². The van der Waals surface area contributed by atoms with Gasteiger partial charge < -0.3 is 4.90 Å². The number of nitrogens with zero attached hydrogens (tertiary/aromatic N) is 2. The van der Waals surface area contributed by atoms with Crippen LogP contribution < -0.4 is 4.90 Å². The van der Waals surface area contributed by atoms with Gasteiger partial charge in [-0.2, -0.15) is 0 Å². The Morgan fingerprint density at radius 2 is 1.95 bits per heavy atom. The summed E-state index contributed by atoms with van der Waals surface area (Å²) in [6.45, 7) is 6.15. The minimum atomic E-state index is 0.520. The third-order valence-electron chi connectivity index (χ3n) is 4.24. The van der Waals surface area contributed by atoms with Crippen LogP contribution in [0.5, 0.6) is 0 Å². The smallest absolute Gasteiger partial charge is 0.133 e. The van der Waals surface area contributed by atoms with Crippen LogP contribution in [0.15, 0.2) is 30.3 Å². The first-order chi connectivity index (χ1) is 10.2. The quantitative estimate of drug-likeness (QED) is 0.765. The van der Waals surface area contributed by atoms with E-state index in [2.05, 4.69) is 49.1 Å². The summed E-state index contributed by atoms with van der Waals surface area (Å²) in [5.74, 6) is 1.59. The maximum atomic E-state index is 6.18. The molecule has 0 fully saturated rings. The Bertz CT molecular complexity index is 652. The van der Waals surface area contributed by atoms with Crippen LogP contribution >= 0.6 is 11.6 Å². The van der Waals surface area contributed by atoms with Crippen LogP contribution in [0.2, 0.25) is 0 Å². The fraction of sp³-hybridized carbons (Fsp3) is 0.389. The van der Waals surface area contributed by atoms with Crippen molar-refractivity contribution in [2.75, 3.05) is 11.4 Å². The molecular weight excluding hydrogens is 280 g/mol. The Morgan fingerprint density at radius 1 is 1.19 bits per heavy atom. The molecule has 0 spiro atoms. The predicted octanol–water partition coefficient (Wildman–Crippen LogP) is 4.39. The van der Waals surface area contributed by atoms with Crippen molar-refractivity contribution in [3.63, 3.8) is 0 Å². The molecule has 3 rings (SSSR count). The molecule has 2 aromatic rings. The monoisotopic (exact) mass is 300 g/mol. The Hall–Kier alpha value is -1.54. The van der Waals surface area contributed by atoms with E-state index in [0.717, 1.165) is 37.4 Å². The minimum Gasteiger partial charge on any atom is -0.352 e. The molecule has 1 aromatic heterocycles. The van der Waals surface area contributed by atoms with Gasteiger partial charge in [0.05, 0.1) is 5.88 Å². The second-order valence-electron chi connectivity index (χ2n) is 5.81. The van der Waals surface area contributed by atoms with Gasteiger partial charge >= 0.3 is 0 Å². The molecule has 110 valence electrons. The Kier molecular flexibility index (Phi) is 4.16. The number of alkyl halides is 1. The molecule has 3 heteroatoms. The van der Waals surface area contributed by atoms with Crippen molar-refractivity contribution in [2.45, 2.75) is 39.1 Å². The summed E-state index contributed by atoms with van der Waals surface area (Å²) < 4.78 is 0. The lowest BCUT2D eigenvalue weighted by molar-refractivity contribution is 0.748. The summed E-state index contributed by atoms with van der Waals surface area (Å²) in [5.41, 5.74) is 6.36. The number of aromatic nitrogens is 1. The van der Waals surface area contributed by atoms with Crippen LogP contribution in [0.4, 0.5) is 5.82 Å². The van der Waals surface area contributed by atoms with Gasteiger partial charge in [-0.15, -0.1) is 11.6 Å². The van der Waals surface area contributed by atoms with Gasteiger partial charge in [-0.1, -0.05) is 24.3 Å². The SMILES string of the molecule is Cc1cc(C)c(CCl)c(N2CCCc3ccccc3C2)n1. The standard InChI is InChI=1S/C18H21ClN2/c1-13-10-14(2)20-18(17(13)11-19)21-9-5-8-15-6-3-4-7-16(15)12-21/h3-4,6-7,10H,5,8-9,11-12H2,1-2H3. The molecule has 1 aliphatic rings. The van der Waals surface area contributed by atoms with Crippen molar-refractivity contribution in [2.24, 2.45) is 0 Å². The second kappa shape index (κ2) is 6.07. The number of anilines is 1. The highest BCUT2D eigenvalue weighted by atomic mass is 35.5. The number of rotatable bonds is 2. The molecule has 0 bridgehead atoms. The molecule has 2 heterocycles. The van der Waals surface area contributed by atoms with Crippen molar-refractivity contribution >= 4 is 17.4 Å². The Labute approximate surface area is 131 Å². The largest absolute Gasteiger partial charge is 0.352 e. The Morgan fingerprint density at radius 3 is 2.71 bits per heavy atom. The fourth-order valence-electron chi connectivity index (χ4n) is 3.15. The number of halogens is 1. The van der Waals surface area contributed by atoms with Crippen LogP contribution in [-0.4, -0.2) is 11.5 Å². The van der Waals surface area contributed by atoms with E-state index >= 15 is 0 Å². The normalized spacial score (nSPS) is 14.7. The summed E-state index contributed by atoms with van der Waals surface area (Å²) in [5, 5.41) is 0. The molecule has 2 nitrogen and oxygen atoms in total. The number of aryl methyl sites for hydroxylation is 3. The molecule has 0 radical (unpaired) electrons. The van der Waals surface area contributed by atoms with E-state index in [-0.39, 0.29) is 0 Å². The van der Waals surface area contributed by atoms with Gasteiger partial charge in [0.2, 0.25) is 0 Å². The number of benzene rings is 1. The molecule has 0 aliphatic carbocycles. The summed E-state index contributed by atoms with van der Waals surface area (Å²) in [4.78, 5) is 7.18. The van der Waals surface area contributed by atoms with Crippen LogP contribution in [-0.2, 0) is 18.8 Å². The van der Waals surface area contributed by atoms with E-state index in [1.807, 2.05) is 0 Å². The lowest BCUT2D eigenvalue weighted by Gasteiger charge is -2.25. The van der Waals surface area contributed by atoms with Crippen molar-refractivity contribution < 1.29 is 0 Å². The molecule has 0 saturated heterocycles. The average molecular weight is 301 g/mol. The van der Waals surface area contributed by atoms with E-state index in [4.69, 9.17) is 16.6 Å². The first-order valence-electron chi connectivity index (χ1n) is 7.54. The van der Waals surface area contributed by atoms with Crippen LogP contribution in [0, 0.1) is 13.8 Å². The fourth-order valence-corrected chi connectivity index (χ4v) is 3.48. The first kappa shape index (κ1) is 14.4. The van der Waals surface area contributed by atoms with Gasteiger partial charge in [-0.3, -0.25) is 0 Å². The zero-order valence-corrected chi connectivity index (χ0v) is 13.5. The molecule has 0 amide bonds. The van der Waals surface area contributed by atoms with Crippen molar-refractivity contribution in [3.8, 4) is 0 Å². The molecule has 21 heavy (non-hydrogen) atoms. The Balaban J connectivity index is 2.01. The maximum Gasteiger partial charge on any atom is 0.133 e. The number of fused-ring (bicyclic) bond motifs is 1. The molecule has 0 atom stereocenters. The summed E-state index contributed by atoms with van der Waals surface area (Å²) in [6.07, 6.45) is 2.31. The number of hydrogen-bond acceptors (Lipinski definition) is 2. The van der Waals surface area contributed by atoms with Crippen LogP contribution in [0.3, 0.4) is 0 Å². The zero-order valence-electron chi connectivity index (χ0n) is 12.7. The van der Waals surface area contributed by atoms with Gasteiger partial charge in [0.25, 0.3) is 0 Å². The predicted molar refractivity (Wildman–Crippen MR) is 89.1 cm³/mol. The van der Waals surface area contributed by atoms with Crippen molar-refractivity contribution in [3.05, 3.63) is 58.3 Å². The van der Waals surface area contributed by atoms with E-state index in [9.17, 15) is 0 Å². The van der Waals surface area contributed by atoms with E-state index in [1.165, 1.54) is 22.3 Å². The van der Waals surface area contributed by atoms with E-state index in [1.54, 1.807) is 0 Å². The van der Waals surface area contributed by atoms with Gasteiger partial charge in [-0.25, -0.2) is 4.98 Å². The maximum absolute atomic E-state index is 6.18. The van der Waals surface area contributed by atoms with Crippen molar-refractivity contribution in [1.29, 1.82) is 0 Å². The second-order valence-corrected chi connectivity index (χ2v) is 6.08. The third kappa shape index (κ3) is 2.91.